The van der Waals surface area contributed by atoms with Gasteiger partial charge in [-0.05, 0) is 75.0 Å². The fraction of sp³-hybridized carbons (Fsp3) is 0.600. The molecule has 2 rings (SSSR count). The summed E-state index contributed by atoms with van der Waals surface area (Å²) < 4.78 is 67.8. The fourth-order valence-electron chi connectivity index (χ4n) is 3.67. The van der Waals surface area contributed by atoms with Crippen LogP contribution in [-0.4, -0.2) is 6.36 Å². The maximum Gasteiger partial charge on any atom is 0.573 e. The molecule has 1 aliphatic carbocycles. The van der Waals surface area contributed by atoms with Crippen LogP contribution in [0.5, 0.6) is 5.75 Å². The zero-order valence-electron chi connectivity index (χ0n) is 14.9. The lowest BCUT2D eigenvalue weighted by atomic mass is 9.77. The predicted octanol–water partition coefficient (Wildman–Crippen LogP) is 7.27. The summed E-state index contributed by atoms with van der Waals surface area (Å²) in [6, 6.07) is 1.96. The molecule has 146 valence electrons. The van der Waals surface area contributed by atoms with E-state index >= 15 is 0 Å². The first-order chi connectivity index (χ1) is 12.3. The number of unbranched alkanes of at least 4 members (excludes halogenated alkanes) is 2. The van der Waals surface area contributed by atoms with Crippen molar-refractivity contribution in [3.63, 3.8) is 0 Å². The smallest absolute Gasteiger partial charge is 0.399 e. The van der Waals surface area contributed by atoms with E-state index in [4.69, 9.17) is 0 Å². The Morgan fingerprint density at radius 2 is 1.65 bits per heavy atom. The second-order valence-corrected chi connectivity index (χ2v) is 6.93. The Labute approximate surface area is 151 Å². The number of ether oxygens (including phenoxy) is 1. The van der Waals surface area contributed by atoms with Crippen molar-refractivity contribution in [2.45, 2.75) is 70.6 Å². The van der Waals surface area contributed by atoms with E-state index in [1.807, 2.05) is 6.92 Å². The van der Waals surface area contributed by atoms with Crippen molar-refractivity contribution in [1.82, 2.24) is 0 Å². The summed E-state index contributed by atoms with van der Waals surface area (Å²) in [5.41, 5.74) is 0.418. The molecule has 1 nitrogen and oxygen atoms in total. The van der Waals surface area contributed by atoms with Gasteiger partial charge in [0.25, 0.3) is 0 Å². The summed E-state index contributed by atoms with van der Waals surface area (Å²) in [6.45, 7) is 2.01. The van der Waals surface area contributed by atoms with E-state index in [2.05, 4.69) is 16.9 Å². The molecule has 0 aromatic heterocycles. The van der Waals surface area contributed by atoms with Crippen molar-refractivity contribution in [3.05, 3.63) is 41.5 Å². The van der Waals surface area contributed by atoms with E-state index in [0.29, 0.717) is 11.5 Å². The Kier molecular flexibility index (Phi) is 7.47. The first-order valence-corrected chi connectivity index (χ1v) is 9.16. The molecule has 6 heteroatoms. The van der Waals surface area contributed by atoms with Crippen molar-refractivity contribution in [3.8, 4) is 5.75 Å². The van der Waals surface area contributed by atoms with Crippen molar-refractivity contribution in [2.24, 2.45) is 5.92 Å². The molecule has 1 aromatic rings. The lowest BCUT2D eigenvalue weighted by Crippen LogP contribution is -2.19. The van der Waals surface area contributed by atoms with Crippen LogP contribution in [0.1, 0.15) is 69.8 Å². The van der Waals surface area contributed by atoms with Gasteiger partial charge in [0.2, 0.25) is 5.75 Å². The molecular weight excluding hydrogens is 351 g/mol. The Morgan fingerprint density at radius 3 is 2.19 bits per heavy atom. The standard InChI is InChI=1S/C20H25F5O/c1-2-3-4-5-6-7-14-8-10-15(11-9-14)16-12-17(21)19(18(22)13-16)26-20(23,24)25/h2-3,12-15H,4-11H2,1H3/b3-2+. The first kappa shape index (κ1) is 20.7. The molecule has 0 heterocycles. The van der Waals surface area contributed by atoms with E-state index in [1.54, 1.807) is 0 Å². The number of allylic oxidation sites excluding steroid dienone is 2. The monoisotopic (exact) mass is 376 g/mol. The number of rotatable bonds is 7. The van der Waals surface area contributed by atoms with Crippen molar-refractivity contribution in [2.75, 3.05) is 0 Å². The third kappa shape index (κ3) is 6.29. The van der Waals surface area contributed by atoms with E-state index in [-0.39, 0.29) is 5.92 Å². The predicted molar refractivity (Wildman–Crippen MR) is 91.0 cm³/mol. The summed E-state index contributed by atoms with van der Waals surface area (Å²) in [7, 11) is 0. The van der Waals surface area contributed by atoms with Crippen LogP contribution >= 0.6 is 0 Å². The molecule has 1 aliphatic rings. The molecule has 1 aromatic carbocycles. The zero-order valence-corrected chi connectivity index (χ0v) is 14.9. The van der Waals surface area contributed by atoms with Gasteiger partial charge in [0.1, 0.15) is 0 Å². The summed E-state index contributed by atoms with van der Waals surface area (Å²) in [6.07, 6.45) is 7.26. The quantitative estimate of drug-likeness (QED) is 0.276. The summed E-state index contributed by atoms with van der Waals surface area (Å²) >= 11 is 0. The molecule has 0 N–H and O–H groups in total. The number of hydrogen-bond acceptors (Lipinski definition) is 1. The van der Waals surface area contributed by atoms with Gasteiger partial charge in [0, 0.05) is 0 Å². The van der Waals surface area contributed by atoms with Crippen LogP contribution in [0.15, 0.2) is 24.3 Å². The summed E-state index contributed by atoms with van der Waals surface area (Å²) in [4.78, 5) is 0. The van der Waals surface area contributed by atoms with E-state index in [0.717, 1.165) is 50.7 Å². The molecule has 0 bridgehead atoms. The molecule has 0 saturated heterocycles. The van der Waals surface area contributed by atoms with Gasteiger partial charge in [-0.1, -0.05) is 25.0 Å². The van der Waals surface area contributed by atoms with Crippen LogP contribution in [0.25, 0.3) is 0 Å². The molecule has 0 aliphatic heterocycles. The highest BCUT2D eigenvalue weighted by atomic mass is 19.4. The Bertz CT molecular complexity index is 578. The maximum atomic E-state index is 13.9. The maximum absolute atomic E-state index is 13.9. The average molecular weight is 376 g/mol. The molecule has 26 heavy (non-hydrogen) atoms. The second kappa shape index (κ2) is 9.38. The Hall–Kier alpha value is -1.59. The zero-order chi connectivity index (χ0) is 19.2. The summed E-state index contributed by atoms with van der Waals surface area (Å²) in [5.74, 6) is -3.37. The van der Waals surface area contributed by atoms with Gasteiger partial charge in [0.15, 0.2) is 11.6 Å². The van der Waals surface area contributed by atoms with Gasteiger partial charge in [-0.15, -0.1) is 13.2 Å². The lowest BCUT2D eigenvalue weighted by molar-refractivity contribution is -0.276. The van der Waals surface area contributed by atoms with E-state index in [9.17, 15) is 22.0 Å². The van der Waals surface area contributed by atoms with Crippen molar-refractivity contribution < 1.29 is 26.7 Å². The highest BCUT2D eigenvalue weighted by molar-refractivity contribution is 5.33. The number of alkyl halides is 3. The lowest BCUT2D eigenvalue weighted by Gasteiger charge is -2.29. The molecule has 0 amide bonds. The molecule has 1 fully saturated rings. The minimum absolute atomic E-state index is 0.0155. The second-order valence-electron chi connectivity index (χ2n) is 6.93. The van der Waals surface area contributed by atoms with Crippen LogP contribution in [0.4, 0.5) is 22.0 Å². The minimum atomic E-state index is -5.12. The van der Waals surface area contributed by atoms with E-state index < -0.39 is 23.7 Å². The first-order valence-electron chi connectivity index (χ1n) is 9.16. The number of hydrogen-bond donors (Lipinski definition) is 0. The Balaban J connectivity index is 1.89. The topological polar surface area (TPSA) is 9.23 Å². The molecule has 0 radical (unpaired) electrons. The molecule has 0 spiro atoms. The molecular formula is C20H25F5O. The van der Waals surface area contributed by atoms with Crippen LogP contribution in [0.3, 0.4) is 0 Å². The Morgan fingerprint density at radius 1 is 1.04 bits per heavy atom. The van der Waals surface area contributed by atoms with Crippen LogP contribution in [0.2, 0.25) is 0 Å². The SMILES string of the molecule is C/C=C/CCCCC1CCC(c2cc(F)c(OC(F)(F)F)c(F)c2)CC1. The normalized spacial score (nSPS) is 21.3. The largest absolute Gasteiger partial charge is 0.573 e. The van der Waals surface area contributed by atoms with Gasteiger partial charge in [0.05, 0.1) is 0 Å². The van der Waals surface area contributed by atoms with E-state index in [1.165, 1.54) is 12.8 Å². The van der Waals surface area contributed by atoms with Crippen LogP contribution < -0.4 is 4.74 Å². The minimum Gasteiger partial charge on any atom is -0.399 e. The van der Waals surface area contributed by atoms with Crippen molar-refractivity contribution >= 4 is 0 Å². The van der Waals surface area contributed by atoms with Gasteiger partial charge < -0.3 is 4.74 Å². The third-order valence-corrected chi connectivity index (χ3v) is 5.03. The molecule has 1 saturated carbocycles. The molecule has 0 atom stereocenters. The fourth-order valence-corrected chi connectivity index (χ4v) is 3.67. The highest BCUT2D eigenvalue weighted by Crippen LogP contribution is 2.40. The molecule has 0 unspecified atom stereocenters. The van der Waals surface area contributed by atoms with Gasteiger partial charge in [-0.2, -0.15) is 0 Å². The number of benzene rings is 1. The van der Waals surface area contributed by atoms with Gasteiger partial charge in [-0.3, -0.25) is 0 Å². The highest BCUT2D eigenvalue weighted by Gasteiger charge is 2.34. The average Bonchev–Trinajstić information content (AvgIpc) is 2.57. The number of halogens is 5. The van der Waals surface area contributed by atoms with Crippen LogP contribution in [0, 0.1) is 17.6 Å². The third-order valence-electron chi connectivity index (χ3n) is 5.03. The summed E-state index contributed by atoms with van der Waals surface area (Å²) in [5, 5.41) is 0. The van der Waals surface area contributed by atoms with Gasteiger partial charge in [-0.25, -0.2) is 8.78 Å². The van der Waals surface area contributed by atoms with Crippen LogP contribution in [-0.2, 0) is 0 Å². The van der Waals surface area contributed by atoms with Gasteiger partial charge >= 0.3 is 6.36 Å². The van der Waals surface area contributed by atoms with Crippen molar-refractivity contribution in [1.29, 1.82) is 0 Å².